The lowest BCUT2D eigenvalue weighted by atomic mass is 9.79. The summed E-state index contributed by atoms with van der Waals surface area (Å²) in [5, 5.41) is 12.7. The first-order chi connectivity index (χ1) is 28.1. The van der Waals surface area contributed by atoms with Crippen LogP contribution in [-0.4, -0.2) is 49.5 Å². The number of nitrogens with zero attached hydrogens (tertiary/aromatic N) is 4. The fourth-order valence-electron chi connectivity index (χ4n) is 8.17. The molecule has 0 radical (unpaired) electrons. The van der Waals surface area contributed by atoms with E-state index >= 15 is 0 Å². The standard InChI is InChI=1S/C48H41N5O4/c49-44-41-45(51-32-50-44)53(33-52-41)46-43(57-48(37-25-13-4-14-26-37,38-27-15-5-16-28-38)39-29-17-6-18-30-39)42(54)40(56-46)31-55-47(34-19-7-1-8-20-34,35-21-9-2-10-22-35)36-23-11-3-12-24-36/h1-30,32-33,40,42-43,46,54H,31H2,(H2,49,50,51)/t40-,42-,43-,46-/m1/s1. The topological polar surface area (TPSA) is 118 Å². The Kier molecular flexibility index (Phi) is 9.88. The van der Waals surface area contributed by atoms with Crippen LogP contribution in [0.4, 0.5) is 5.82 Å². The highest BCUT2D eigenvalue weighted by molar-refractivity contribution is 5.81. The lowest BCUT2D eigenvalue weighted by Crippen LogP contribution is -2.45. The molecule has 0 unspecified atom stereocenters. The van der Waals surface area contributed by atoms with Crippen LogP contribution in [0.25, 0.3) is 11.2 Å². The van der Waals surface area contributed by atoms with Crippen LogP contribution in [0.1, 0.15) is 39.6 Å². The Labute approximate surface area is 331 Å². The quantitative estimate of drug-likeness (QED) is 0.121. The molecule has 3 N–H and O–H groups in total. The Morgan fingerprint density at radius 2 is 0.965 bits per heavy atom. The fourth-order valence-corrected chi connectivity index (χ4v) is 8.17. The van der Waals surface area contributed by atoms with Gasteiger partial charge < -0.3 is 25.1 Å². The first kappa shape index (κ1) is 36.2. The van der Waals surface area contributed by atoms with Crippen LogP contribution >= 0.6 is 0 Å². The van der Waals surface area contributed by atoms with Gasteiger partial charge in [0.15, 0.2) is 17.7 Å². The van der Waals surface area contributed by atoms with E-state index < -0.39 is 35.7 Å². The number of hydrogen-bond donors (Lipinski definition) is 2. The van der Waals surface area contributed by atoms with Crippen molar-refractivity contribution in [3.63, 3.8) is 0 Å². The maximum Gasteiger partial charge on any atom is 0.167 e. The van der Waals surface area contributed by atoms with Crippen molar-refractivity contribution in [1.82, 2.24) is 19.5 Å². The minimum absolute atomic E-state index is 0.00499. The fraction of sp³-hybridized carbons (Fsp3) is 0.146. The molecule has 1 aliphatic heterocycles. The molecule has 6 aromatic carbocycles. The summed E-state index contributed by atoms with van der Waals surface area (Å²) in [5.74, 6) is 0.236. The van der Waals surface area contributed by atoms with Gasteiger partial charge in [-0.05, 0) is 33.4 Å². The molecule has 4 atom stereocenters. The Hall–Kier alpha value is -6.49. The van der Waals surface area contributed by atoms with Crippen molar-refractivity contribution in [2.45, 2.75) is 35.7 Å². The molecular formula is C48H41N5O4. The van der Waals surface area contributed by atoms with Crippen LogP contribution in [0.3, 0.4) is 0 Å². The van der Waals surface area contributed by atoms with E-state index in [1.807, 2.05) is 146 Å². The highest BCUT2D eigenvalue weighted by atomic mass is 16.6. The Bertz CT molecular complexity index is 2330. The molecule has 1 saturated heterocycles. The first-order valence-corrected chi connectivity index (χ1v) is 19.0. The molecule has 1 aliphatic rings. The highest BCUT2D eigenvalue weighted by Crippen LogP contribution is 2.47. The van der Waals surface area contributed by atoms with Crippen molar-refractivity contribution in [1.29, 1.82) is 0 Å². The van der Waals surface area contributed by atoms with Crippen LogP contribution in [0.5, 0.6) is 0 Å². The van der Waals surface area contributed by atoms with Gasteiger partial charge in [0.2, 0.25) is 0 Å². The second kappa shape index (κ2) is 15.6. The largest absolute Gasteiger partial charge is 0.387 e. The van der Waals surface area contributed by atoms with E-state index in [1.54, 1.807) is 10.9 Å². The highest BCUT2D eigenvalue weighted by Gasteiger charge is 2.52. The summed E-state index contributed by atoms with van der Waals surface area (Å²) in [5.41, 5.74) is 10.4. The normalized spacial score (nSPS) is 18.5. The molecule has 0 spiro atoms. The van der Waals surface area contributed by atoms with Gasteiger partial charge in [0, 0.05) is 0 Å². The summed E-state index contributed by atoms with van der Waals surface area (Å²) >= 11 is 0. The van der Waals surface area contributed by atoms with Gasteiger partial charge in [0.1, 0.15) is 41.4 Å². The number of aliphatic hydroxyl groups is 1. The average Bonchev–Trinajstić information content (AvgIpc) is 3.85. The molecule has 0 saturated carbocycles. The van der Waals surface area contributed by atoms with Gasteiger partial charge in [-0.3, -0.25) is 4.57 Å². The molecule has 9 heteroatoms. The summed E-state index contributed by atoms with van der Waals surface area (Å²) in [6.07, 6.45) is -0.942. The maximum atomic E-state index is 12.7. The van der Waals surface area contributed by atoms with E-state index in [-0.39, 0.29) is 12.4 Å². The van der Waals surface area contributed by atoms with Gasteiger partial charge in [0.05, 0.1) is 12.9 Å². The van der Waals surface area contributed by atoms with Crippen LogP contribution in [0.15, 0.2) is 195 Å². The molecular weight excluding hydrogens is 711 g/mol. The van der Waals surface area contributed by atoms with E-state index in [2.05, 4.69) is 51.4 Å². The zero-order valence-corrected chi connectivity index (χ0v) is 31.0. The summed E-state index contributed by atoms with van der Waals surface area (Å²) in [6.45, 7) is -0.00499. The van der Waals surface area contributed by atoms with Crippen molar-refractivity contribution in [2.75, 3.05) is 12.3 Å². The summed E-state index contributed by atoms with van der Waals surface area (Å²) in [7, 11) is 0. The zero-order valence-electron chi connectivity index (χ0n) is 31.0. The molecule has 0 aliphatic carbocycles. The molecule has 1 fully saturated rings. The number of rotatable bonds is 12. The van der Waals surface area contributed by atoms with Gasteiger partial charge >= 0.3 is 0 Å². The van der Waals surface area contributed by atoms with E-state index in [0.717, 1.165) is 33.4 Å². The third kappa shape index (κ3) is 6.46. The van der Waals surface area contributed by atoms with Crippen LogP contribution < -0.4 is 5.73 Å². The molecule has 9 rings (SSSR count). The van der Waals surface area contributed by atoms with E-state index in [4.69, 9.17) is 19.9 Å². The third-order valence-electron chi connectivity index (χ3n) is 10.8. The predicted molar refractivity (Wildman–Crippen MR) is 219 cm³/mol. The number of imidazole rings is 1. The number of nitrogen functional groups attached to an aromatic ring is 1. The third-order valence-corrected chi connectivity index (χ3v) is 10.8. The monoisotopic (exact) mass is 751 g/mol. The molecule has 57 heavy (non-hydrogen) atoms. The van der Waals surface area contributed by atoms with Crippen LogP contribution in [0.2, 0.25) is 0 Å². The van der Waals surface area contributed by atoms with Gasteiger partial charge in [-0.2, -0.15) is 0 Å². The maximum absolute atomic E-state index is 12.7. The number of aromatic nitrogens is 4. The Morgan fingerprint density at radius 1 is 0.561 bits per heavy atom. The average molecular weight is 752 g/mol. The van der Waals surface area contributed by atoms with Gasteiger partial charge in [-0.25, -0.2) is 15.0 Å². The molecule has 9 nitrogen and oxygen atoms in total. The lowest BCUT2D eigenvalue weighted by molar-refractivity contribution is -0.122. The molecule has 2 aromatic heterocycles. The van der Waals surface area contributed by atoms with Crippen molar-refractivity contribution < 1.29 is 19.3 Å². The van der Waals surface area contributed by atoms with Crippen molar-refractivity contribution in [2.24, 2.45) is 0 Å². The van der Waals surface area contributed by atoms with Crippen molar-refractivity contribution in [3.05, 3.63) is 228 Å². The lowest BCUT2D eigenvalue weighted by Gasteiger charge is -2.40. The van der Waals surface area contributed by atoms with Gasteiger partial charge in [-0.1, -0.05) is 182 Å². The number of ether oxygens (including phenoxy) is 3. The van der Waals surface area contributed by atoms with E-state index in [0.29, 0.717) is 11.2 Å². The van der Waals surface area contributed by atoms with Crippen molar-refractivity contribution >= 4 is 17.0 Å². The number of benzene rings is 6. The smallest absolute Gasteiger partial charge is 0.167 e. The van der Waals surface area contributed by atoms with E-state index in [1.165, 1.54) is 6.33 Å². The number of hydrogen-bond acceptors (Lipinski definition) is 8. The second-order valence-corrected chi connectivity index (χ2v) is 14.1. The minimum atomic E-state index is -1.19. The molecule has 0 bridgehead atoms. The number of aliphatic hydroxyl groups excluding tert-OH is 1. The minimum Gasteiger partial charge on any atom is -0.387 e. The second-order valence-electron chi connectivity index (χ2n) is 14.1. The molecule has 3 heterocycles. The summed E-state index contributed by atoms with van der Waals surface area (Å²) in [6, 6.07) is 60.6. The summed E-state index contributed by atoms with van der Waals surface area (Å²) in [4.78, 5) is 13.3. The van der Waals surface area contributed by atoms with Gasteiger partial charge in [-0.15, -0.1) is 0 Å². The number of anilines is 1. The molecule has 0 amide bonds. The Balaban J connectivity index is 1.19. The Morgan fingerprint density at radius 3 is 1.39 bits per heavy atom. The molecule has 8 aromatic rings. The van der Waals surface area contributed by atoms with Crippen LogP contribution in [0, 0.1) is 0 Å². The summed E-state index contributed by atoms with van der Waals surface area (Å²) < 4.78 is 23.5. The van der Waals surface area contributed by atoms with Crippen molar-refractivity contribution in [3.8, 4) is 0 Å². The predicted octanol–water partition coefficient (Wildman–Crippen LogP) is 8.05. The van der Waals surface area contributed by atoms with Crippen LogP contribution in [-0.2, 0) is 25.4 Å². The SMILES string of the molecule is Nc1ncnc2c1ncn2[C@@H]1O[C@H](COC(c2ccccc2)(c2ccccc2)c2ccccc2)[C@@H](O)[C@H]1OC(c1ccccc1)(c1ccccc1)c1ccccc1. The van der Waals surface area contributed by atoms with E-state index in [9.17, 15) is 5.11 Å². The first-order valence-electron chi connectivity index (χ1n) is 19.0. The molecule has 282 valence electrons. The van der Waals surface area contributed by atoms with Gasteiger partial charge in [0.25, 0.3) is 0 Å². The number of nitrogens with two attached hydrogens (primary N) is 1. The zero-order chi connectivity index (χ0) is 38.7. The number of fused-ring (bicyclic) bond motifs is 1.